The number of aromatic amines is 1. The number of ketones is 1. The standard InChI is InChI=1S/C23H20ClN5O7S/c1-27-20-19(21(32)26-22(27)33)28(10-16(30)11-36-17-8-4-14(24)5-9-17)23(25-20)37-12-18(31)13-2-6-15(7-3-13)29(34)35/h2-9,16,30H,10-12H2,1H3,(H,26,32,33). The number of carbonyl (C=O) groups is 1. The summed E-state index contributed by atoms with van der Waals surface area (Å²) >= 11 is 6.87. The number of fused-ring (bicyclic) bond motifs is 1. The number of hydrogen-bond acceptors (Lipinski definition) is 9. The van der Waals surface area contributed by atoms with Crippen LogP contribution in [-0.4, -0.2) is 53.4 Å². The molecule has 37 heavy (non-hydrogen) atoms. The second-order valence-electron chi connectivity index (χ2n) is 7.93. The van der Waals surface area contributed by atoms with Crippen LogP contribution in [0.25, 0.3) is 11.2 Å². The highest BCUT2D eigenvalue weighted by atomic mass is 35.5. The SMILES string of the molecule is Cn1c(=O)[nH]c(=O)c2c1nc(SCC(=O)c1ccc([N+](=O)[O-])cc1)n2CC(O)COc1ccc(Cl)cc1. The Morgan fingerprint density at radius 3 is 2.54 bits per heavy atom. The topological polar surface area (TPSA) is 162 Å². The number of rotatable bonds is 10. The molecule has 12 nitrogen and oxygen atoms in total. The molecule has 4 aromatic rings. The Morgan fingerprint density at radius 1 is 1.22 bits per heavy atom. The summed E-state index contributed by atoms with van der Waals surface area (Å²) in [6.07, 6.45) is -1.07. The van der Waals surface area contributed by atoms with Crippen LogP contribution < -0.4 is 16.0 Å². The molecule has 2 N–H and O–H groups in total. The Bertz CT molecular complexity index is 1580. The van der Waals surface area contributed by atoms with Crippen molar-refractivity contribution in [3.05, 3.63) is 90.1 Å². The summed E-state index contributed by atoms with van der Waals surface area (Å²) in [5.41, 5.74) is -1.08. The maximum atomic E-state index is 12.7. The molecule has 0 saturated carbocycles. The van der Waals surface area contributed by atoms with Crippen LogP contribution in [0.5, 0.6) is 5.75 Å². The highest BCUT2D eigenvalue weighted by Gasteiger charge is 2.21. The summed E-state index contributed by atoms with van der Waals surface area (Å²) < 4.78 is 8.17. The number of thioether (sulfide) groups is 1. The number of aryl methyl sites for hydroxylation is 1. The number of non-ortho nitro benzene ring substituents is 1. The lowest BCUT2D eigenvalue weighted by Crippen LogP contribution is -2.30. The number of halogens is 1. The van der Waals surface area contributed by atoms with Crippen LogP contribution >= 0.6 is 23.4 Å². The maximum absolute atomic E-state index is 12.7. The number of nitrogens with zero attached hydrogens (tertiary/aromatic N) is 4. The molecule has 0 aliphatic carbocycles. The third kappa shape index (κ3) is 5.90. The van der Waals surface area contributed by atoms with Crippen molar-refractivity contribution in [2.24, 2.45) is 7.05 Å². The number of nitro groups is 1. The number of H-pyrrole nitrogens is 1. The van der Waals surface area contributed by atoms with E-state index >= 15 is 0 Å². The molecular formula is C23H20ClN5O7S. The predicted molar refractivity (Wildman–Crippen MR) is 137 cm³/mol. The second kappa shape index (κ2) is 11.0. The van der Waals surface area contributed by atoms with Gasteiger partial charge in [-0.2, -0.15) is 0 Å². The molecule has 1 atom stereocenters. The smallest absolute Gasteiger partial charge is 0.329 e. The van der Waals surface area contributed by atoms with Gasteiger partial charge in [-0.05, 0) is 36.4 Å². The van der Waals surface area contributed by atoms with Crippen LogP contribution in [0.4, 0.5) is 5.69 Å². The van der Waals surface area contributed by atoms with Crippen LogP contribution in [0.2, 0.25) is 5.02 Å². The molecule has 2 aromatic heterocycles. The molecule has 2 heterocycles. The summed E-state index contributed by atoms with van der Waals surface area (Å²) in [6.45, 7) is -0.226. The van der Waals surface area contributed by atoms with Crippen molar-refractivity contribution in [1.29, 1.82) is 0 Å². The maximum Gasteiger partial charge on any atom is 0.329 e. The summed E-state index contributed by atoms with van der Waals surface area (Å²) in [5, 5.41) is 22.3. The van der Waals surface area contributed by atoms with Crippen molar-refractivity contribution in [1.82, 2.24) is 19.1 Å². The van der Waals surface area contributed by atoms with Crippen LogP contribution in [-0.2, 0) is 13.6 Å². The molecule has 0 amide bonds. The number of nitro benzene ring substituents is 1. The fraction of sp³-hybridized carbons (Fsp3) is 0.217. The van der Waals surface area contributed by atoms with Crippen LogP contribution in [0.3, 0.4) is 0 Å². The molecule has 0 radical (unpaired) electrons. The van der Waals surface area contributed by atoms with E-state index in [1.165, 1.54) is 35.9 Å². The lowest BCUT2D eigenvalue weighted by Gasteiger charge is -2.15. The van der Waals surface area contributed by atoms with E-state index < -0.39 is 22.3 Å². The zero-order valence-electron chi connectivity index (χ0n) is 19.3. The number of aliphatic hydroxyl groups excluding tert-OH is 1. The zero-order chi connectivity index (χ0) is 26.7. The average Bonchev–Trinajstić information content (AvgIpc) is 3.24. The normalized spacial score (nSPS) is 12.0. The van der Waals surface area contributed by atoms with Crippen molar-refractivity contribution in [3.63, 3.8) is 0 Å². The van der Waals surface area contributed by atoms with E-state index in [4.69, 9.17) is 16.3 Å². The van der Waals surface area contributed by atoms with Gasteiger partial charge in [0.15, 0.2) is 22.1 Å². The van der Waals surface area contributed by atoms with Gasteiger partial charge >= 0.3 is 5.69 Å². The molecule has 0 saturated heterocycles. The quantitative estimate of drug-likeness (QED) is 0.132. The van der Waals surface area contributed by atoms with Gasteiger partial charge in [-0.15, -0.1) is 0 Å². The Balaban J connectivity index is 1.57. The van der Waals surface area contributed by atoms with Gasteiger partial charge in [0, 0.05) is 29.8 Å². The van der Waals surface area contributed by atoms with Crippen molar-refractivity contribution in [3.8, 4) is 5.75 Å². The fourth-order valence-corrected chi connectivity index (χ4v) is 4.49. The number of carbonyl (C=O) groups excluding carboxylic acids is 1. The number of Topliss-reactive ketones (excluding diaryl/α,β-unsaturated/α-hetero) is 1. The second-order valence-corrected chi connectivity index (χ2v) is 9.31. The highest BCUT2D eigenvalue weighted by Crippen LogP contribution is 2.24. The molecule has 4 rings (SSSR count). The van der Waals surface area contributed by atoms with Gasteiger partial charge in [-0.25, -0.2) is 9.78 Å². The van der Waals surface area contributed by atoms with E-state index in [1.54, 1.807) is 24.3 Å². The van der Waals surface area contributed by atoms with Crippen molar-refractivity contribution >= 4 is 46.0 Å². The first kappa shape index (κ1) is 26.1. The van der Waals surface area contributed by atoms with Gasteiger partial charge in [0.1, 0.15) is 18.5 Å². The lowest BCUT2D eigenvalue weighted by atomic mass is 10.1. The Labute approximate surface area is 217 Å². The van der Waals surface area contributed by atoms with E-state index in [9.17, 15) is 29.6 Å². The van der Waals surface area contributed by atoms with Crippen LogP contribution in [0.15, 0.2) is 63.3 Å². The predicted octanol–water partition coefficient (Wildman–Crippen LogP) is 2.40. The van der Waals surface area contributed by atoms with Crippen LogP contribution in [0, 0.1) is 10.1 Å². The first-order chi connectivity index (χ1) is 17.6. The van der Waals surface area contributed by atoms with E-state index in [-0.39, 0.29) is 52.3 Å². The van der Waals surface area contributed by atoms with Gasteiger partial charge < -0.3 is 14.4 Å². The summed E-state index contributed by atoms with van der Waals surface area (Å²) in [5.74, 6) is 0.0556. The molecule has 1 unspecified atom stereocenters. The van der Waals surface area contributed by atoms with Gasteiger partial charge in [0.25, 0.3) is 11.2 Å². The van der Waals surface area contributed by atoms with Crippen molar-refractivity contribution in [2.75, 3.05) is 12.4 Å². The molecule has 0 fully saturated rings. The number of ether oxygens (including phenoxy) is 1. The molecule has 192 valence electrons. The van der Waals surface area contributed by atoms with Crippen molar-refractivity contribution < 1.29 is 19.6 Å². The minimum Gasteiger partial charge on any atom is -0.491 e. The Hall–Kier alpha value is -3.94. The summed E-state index contributed by atoms with van der Waals surface area (Å²) in [7, 11) is 1.44. The van der Waals surface area contributed by atoms with E-state index in [1.807, 2.05) is 0 Å². The first-order valence-corrected chi connectivity index (χ1v) is 12.2. The number of aliphatic hydroxyl groups is 1. The molecule has 14 heteroatoms. The minimum absolute atomic E-state index is 0.0536. The Kier molecular flexibility index (Phi) is 7.76. The first-order valence-electron chi connectivity index (χ1n) is 10.8. The van der Waals surface area contributed by atoms with Gasteiger partial charge in [0.05, 0.1) is 17.2 Å². The fourth-order valence-electron chi connectivity index (χ4n) is 3.46. The number of imidazole rings is 1. The third-order valence-electron chi connectivity index (χ3n) is 5.35. The zero-order valence-corrected chi connectivity index (χ0v) is 20.9. The molecule has 0 bridgehead atoms. The third-order valence-corrected chi connectivity index (χ3v) is 6.58. The molecule has 0 spiro atoms. The number of hydrogen-bond donors (Lipinski definition) is 2. The molecule has 0 aliphatic heterocycles. The molecular weight excluding hydrogens is 526 g/mol. The number of aromatic nitrogens is 4. The highest BCUT2D eigenvalue weighted by molar-refractivity contribution is 7.99. The minimum atomic E-state index is -1.07. The largest absolute Gasteiger partial charge is 0.491 e. The molecule has 0 aliphatic rings. The van der Waals surface area contributed by atoms with E-state index in [0.717, 1.165) is 16.3 Å². The lowest BCUT2D eigenvalue weighted by molar-refractivity contribution is -0.384. The average molecular weight is 546 g/mol. The summed E-state index contributed by atoms with van der Waals surface area (Å²) in [6, 6.07) is 11.8. The number of nitrogens with one attached hydrogen (secondary N) is 1. The molecule has 2 aromatic carbocycles. The van der Waals surface area contributed by atoms with Gasteiger partial charge in [-0.1, -0.05) is 23.4 Å². The Morgan fingerprint density at radius 2 is 1.89 bits per heavy atom. The number of benzene rings is 2. The van der Waals surface area contributed by atoms with Gasteiger partial charge in [-0.3, -0.25) is 29.3 Å². The van der Waals surface area contributed by atoms with E-state index in [2.05, 4.69) is 9.97 Å². The summed E-state index contributed by atoms with van der Waals surface area (Å²) in [4.78, 5) is 54.3. The monoisotopic (exact) mass is 545 g/mol. The van der Waals surface area contributed by atoms with E-state index in [0.29, 0.717) is 10.8 Å². The van der Waals surface area contributed by atoms with Gasteiger partial charge in [0.2, 0.25) is 0 Å². The van der Waals surface area contributed by atoms with Crippen molar-refractivity contribution in [2.45, 2.75) is 17.8 Å². The van der Waals surface area contributed by atoms with Crippen LogP contribution in [0.1, 0.15) is 10.4 Å².